The number of carbonyl (C=O) groups excluding carboxylic acids is 1. The van der Waals surface area contributed by atoms with Crippen LogP contribution in [-0.4, -0.2) is 44.7 Å². The summed E-state index contributed by atoms with van der Waals surface area (Å²) in [4.78, 5) is 25.9. The van der Waals surface area contributed by atoms with Gasteiger partial charge in [0.15, 0.2) is 17.4 Å². The van der Waals surface area contributed by atoms with Gasteiger partial charge >= 0.3 is 0 Å². The summed E-state index contributed by atoms with van der Waals surface area (Å²) in [6.07, 6.45) is 4.64. The van der Waals surface area contributed by atoms with Crippen LogP contribution < -0.4 is 20.7 Å². The Labute approximate surface area is 199 Å². The molecule has 3 aromatic heterocycles. The number of aryl methyl sites for hydroxylation is 1. The van der Waals surface area contributed by atoms with Crippen LogP contribution in [0, 0.1) is 11.3 Å². The number of carbonyl (C=O) groups is 1. The van der Waals surface area contributed by atoms with Crippen LogP contribution in [0.15, 0.2) is 55.0 Å². The molecule has 0 spiro atoms. The average Bonchev–Trinajstić information content (AvgIpc) is 3.22. The predicted molar refractivity (Wildman–Crippen MR) is 126 cm³/mol. The van der Waals surface area contributed by atoms with Crippen molar-refractivity contribution in [3.8, 4) is 23.2 Å². The molecule has 3 N–H and O–H groups in total. The van der Waals surface area contributed by atoms with E-state index in [0.717, 1.165) is 0 Å². The SMILES string of the molecule is [2H]C([2H])([2H])NC(=O)c1c(Nc2cccc(-c3ncccn3)c2OC)ccnc1Nc1cc(C#N)n(C)n1. The van der Waals surface area contributed by atoms with E-state index in [1.54, 1.807) is 43.7 Å². The molecule has 0 saturated heterocycles. The van der Waals surface area contributed by atoms with E-state index in [1.807, 2.05) is 11.4 Å². The quantitative estimate of drug-likeness (QED) is 0.381. The fourth-order valence-electron chi connectivity index (χ4n) is 3.32. The Morgan fingerprint density at radius 1 is 1.12 bits per heavy atom. The Morgan fingerprint density at radius 2 is 1.94 bits per heavy atom. The van der Waals surface area contributed by atoms with Crippen molar-refractivity contribution < 1.29 is 13.6 Å². The number of rotatable bonds is 7. The highest BCUT2D eigenvalue weighted by Crippen LogP contribution is 2.37. The maximum Gasteiger partial charge on any atom is 0.256 e. The molecule has 3 heterocycles. The summed E-state index contributed by atoms with van der Waals surface area (Å²) in [5, 5.41) is 21.4. The van der Waals surface area contributed by atoms with Gasteiger partial charge in [-0.15, -0.1) is 0 Å². The minimum absolute atomic E-state index is 0.0239. The summed E-state index contributed by atoms with van der Waals surface area (Å²) >= 11 is 0. The maximum atomic E-state index is 13.1. The second-order valence-corrected chi connectivity index (χ2v) is 6.90. The molecule has 4 rings (SSSR count). The number of benzene rings is 1. The van der Waals surface area contributed by atoms with Crippen LogP contribution in [0.4, 0.5) is 23.0 Å². The van der Waals surface area contributed by atoms with Crippen molar-refractivity contribution in [3.05, 3.63) is 66.2 Å². The number of anilines is 4. The zero-order valence-electron chi connectivity index (χ0n) is 21.2. The van der Waals surface area contributed by atoms with Crippen LogP contribution >= 0.6 is 0 Å². The zero-order chi connectivity index (χ0) is 26.6. The lowest BCUT2D eigenvalue weighted by Gasteiger charge is -2.18. The highest BCUT2D eigenvalue weighted by molar-refractivity contribution is 6.05. The molecule has 1 amide bonds. The van der Waals surface area contributed by atoms with Crippen molar-refractivity contribution in [1.82, 2.24) is 30.0 Å². The molecule has 0 radical (unpaired) electrons. The van der Waals surface area contributed by atoms with E-state index < -0.39 is 12.9 Å². The van der Waals surface area contributed by atoms with Crippen molar-refractivity contribution in [2.75, 3.05) is 24.7 Å². The van der Waals surface area contributed by atoms with Crippen LogP contribution in [0.5, 0.6) is 5.75 Å². The van der Waals surface area contributed by atoms with Gasteiger partial charge in [-0.05, 0) is 24.3 Å². The molecule has 34 heavy (non-hydrogen) atoms. The van der Waals surface area contributed by atoms with E-state index in [9.17, 15) is 10.1 Å². The molecule has 11 heteroatoms. The molecule has 0 atom stereocenters. The summed E-state index contributed by atoms with van der Waals surface area (Å²) in [6.45, 7) is -2.75. The number of hydrogen-bond donors (Lipinski definition) is 3. The van der Waals surface area contributed by atoms with E-state index in [2.05, 4.69) is 30.7 Å². The summed E-state index contributed by atoms with van der Waals surface area (Å²) < 4.78 is 29.5. The first-order valence-electron chi connectivity index (χ1n) is 11.4. The molecular formula is C23H21N9O2. The number of amides is 1. The lowest BCUT2D eigenvalue weighted by Crippen LogP contribution is -2.21. The number of ether oxygens (including phenoxy) is 1. The fourth-order valence-corrected chi connectivity index (χ4v) is 3.32. The van der Waals surface area contributed by atoms with Gasteiger partial charge in [0.1, 0.15) is 23.1 Å². The van der Waals surface area contributed by atoms with Crippen LogP contribution in [0.1, 0.15) is 20.2 Å². The van der Waals surface area contributed by atoms with Crippen LogP contribution in [0.3, 0.4) is 0 Å². The van der Waals surface area contributed by atoms with Crippen molar-refractivity contribution in [2.45, 2.75) is 0 Å². The third kappa shape index (κ3) is 4.33. The Kier molecular flexibility index (Phi) is 5.28. The van der Waals surface area contributed by atoms with Gasteiger partial charge in [0, 0.05) is 42.8 Å². The Bertz CT molecular complexity index is 1480. The van der Waals surface area contributed by atoms with Gasteiger partial charge in [-0.2, -0.15) is 10.4 Å². The number of nitrogens with zero attached hydrogens (tertiary/aromatic N) is 6. The van der Waals surface area contributed by atoms with Gasteiger partial charge in [-0.25, -0.2) is 15.0 Å². The maximum absolute atomic E-state index is 13.1. The standard InChI is InChI=1S/C23H21N9O2/c1-25-23(33)19-16(8-11-28-22(19)30-18-12-14(13-24)32(2)31-18)29-17-7-4-6-15(20(17)34-3)21-26-9-5-10-27-21/h4-12H,1-3H3,(H,25,33)(H2,28,29,30,31)/i1D3. The van der Waals surface area contributed by atoms with Crippen molar-refractivity contribution in [1.29, 1.82) is 5.26 Å². The second kappa shape index (κ2) is 9.66. The van der Waals surface area contributed by atoms with Gasteiger partial charge < -0.3 is 20.7 Å². The Morgan fingerprint density at radius 3 is 2.65 bits per heavy atom. The van der Waals surface area contributed by atoms with Gasteiger partial charge in [0.05, 0.1) is 24.0 Å². The number of pyridine rings is 1. The normalized spacial score (nSPS) is 12.0. The number of para-hydroxylation sites is 1. The lowest BCUT2D eigenvalue weighted by atomic mass is 10.1. The first-order chi connectivity index (χ1) is 17.7. The van der Waals surface area contributed by atoms with Crippen LogP contribution in [0.2, 0.25) is 0 Å². The summed E-state index contributed by atoms with van der Waals surface area (Å²) in [7, 11) is 3.08. The lowest BCUT2D eigenvalue weighted by molar-refractivity contribution is 0.0964. The molecule has 11 nitrogen and oxygen atoms in total. The van der Waals surface area contributed by atoms with E-state index in [0.29, 0.717) is 22.8 Å². The van der Waals surface area contributed by atoms with E-state index in [1.165, 1.54) is 30.1 Å². The molecule has 0 saturated carbocycles. The van der Waals surface area contributed by atoms with Crippen molar-refractivity contribution in [3.63, 3.8) is 0 Å². The summed E-state index contributed by atoms with van der Waals surface area (Å²) in [5.74, 6) is 0.203. The molecule has 4 aromatic rings. The zero-order valence-corrected chi connectivity index (χ0v) is 18.2. The fraction of sp³-hybridized carbons (Fsp3) is 0.130. The minimum atomic E-state index is -2.75. The summed E-state index contributed by atoms with van der Waals surface area (Å²) in [5.41, 5.74) is 1.49. The molecule has 0 fully saturated rings. The first-order valence-corrected chi connectivity index (χ1v) is 9.94. The van der Waals surface area contributed by atoms with Gasteiger partial charge in [-0.3, -0.25) is 9.48 Å². The number of aromatic nitrogens is 5. The summed E-state index contributed by atoms with van der Waals surface area (Å²) in [6, 6.07) is 12.0. The molecule has 0 aliphatic heterocycles. The van der Waals surface area contributed by atoms with Crippen LogP contribution in [0.25, 0.3) is 11.4 Å². The minimum Gasteiger partial charge on any atom is -0.494 e. The average molecular weight is 459 g/mol. The first kappa shape index (κ1) is 18.6. The highest BCUT2D eigenvalue weighted by atomic mass is 16.5. The smallest absolute Gasteiger partial charge is 0.256 e. The second-order valence-electron chi connectivity index (χ2n) is 6.90. The van der Waals surface area contributed by atoms with Crippen molar-refractivity contribution in [2.24, 2.45) is 7.05 Å². The van der Waals surface area contributed by atoms with Gasteiger partial charge in [0.2, 0.25) is 0 Å². The van der Waals surface area contributed by atoms with E-state index in [4.69, 9.17) is 8.85 Å². The molecule has 170 valence electrons. The molecular weight excluding hydrogens is 434 g/mol. The number of methoxy groups -OCH3 is 1. The topological polar surface area (TPSA) is 143 Å². The highest BCUT2D eigenvalue weighted by Gasteiger charge is 2.20. The predicted octanol–water partition coefficient (Wildman–Crippen LogP) is 3.00. The van der Waals surface area contributed by atoms with Gasteiger partial charge in [0.25, 0.3) is 5.91 Å². The molecule has 0 aliphatic carbocycles. The number of nitriles is 1. The number of nitrogens with one attached hydrogen (secondary N) is 3. The van der Waals surface area contributed by atoms with Crippen molar-refractivity contribution >= 4 is 28.9 Å². The Balaban J connectivity index is 1.79. The molecule has 0 aliphatic rings. The van der Waals surface area contributed by atoms with E-state index in [-0.39, 0.29) is 28.6 Å². The molecule has 1 aromatic carbocycles. The number of hydrogen-bond acceptors (Lipinski definition) is 9. The van der Waals surface area contributed by atoms with Gasteiger partial charge in [-0.1, -0.05) is 6.07 Å². The molecule has 0 bridgehead atoms. The monoisotopic (exact) mass is 458 g/mol. The van der Waals surface area contributed by atoms with Crippen LogP contribution in [-0.2, 0) is 7.05 Å². The third-order valence-corrected chi connectivity index (χ3v) is 4.83. The third-order valence-electron chi connectivity index (χ3n) is 4.83. The Hall–Kier alpha value is -4.98. The van der Waals surface area contributed by atoms with E-state index >= 15 is 0 Å². The largest absolute Gasteiger partial charge is 0.494 e. The molecule has 0 unspecified atom stereocenters.